The molecule has 0 spiro atoms. The molecule has 0 nitrogen and oxygen atoms in total. The molecule has 3 aliphatic rings. The molecular weight excluding hydrogens is 144 g/mol. The van der Waals surface area contributed by atoms with Gasteiger partial charge in [0.2, 0.25) is 0 Å². The first-order valence-corrected chi connectivity index (χ1v) is 5.61. The highest BCUT2D eigenvalue weighted by molar-refractivity contribution is 5.14. The Bertz CT molecular complexity index is 216. The maximum absolute atomic E-state index is 2.49. The van der Waals surface area contributed by atoms with Crippen molar-refractivity contribution in [2.24, 2.45) is 35.0 Å². The lowest BCUT2D eigenvalue weighted by atomic mass is 9.84. The molecule has 5 atom stereocenters. The summed E-state index contributed by atoms with van der Waals surface area (Å²) in [4.78, 5) is 0. The van der Waals surface area contributed by atoms with Crippen LogP contribution < -0.4 is 0 Å². The topological polar surface area (TPSA) is 0 Å². The van der Waals surface area contributed by atoms with Gasteiger partial charge in [-0.2, -0.15) is 0 Å². The predicted molar refractivity (Wildman–Crippen MR) is 50.8 cm³/mol. The van der Waals surface area contributed by atoms with Crippen molar-refractivity contribution in [3.05, 3.63) is 0 Å². The van der Waals surface area contributed by atoms with E-state index in [1.54, 1.807) is 12.8 Å². The second-order valence-electron chi connectivity index (χ2n) is 6.17. The van der Waals surface area contributed by atoms with E-state index in [1.165, 1.54) is 12.3 Å². The summed E-state index contributed by atoms with van der Waals surface area (Å²) in [5.74, 6) is 5.70. The van der Waals surface area contributed by atoms with E-state index >= 15 is 0 Å². The number of fused-ring (bicyclic) bond motifs is 1. The van der Waals surface area contributed by atoms with Gasteiger partial charge in [-0.3, -0.25) is 0 Å². The molecule has 5 unspecified atom stereocenters. The standard InChI is InChI=1S/C12H20/c1-7-6-9(7)10-8-4-5-12(2,3)11(8)10/h7-11H,4-6H2,1-3H3. The van der Waals surface area contributed by atoms with Crippen LogP contribution in [0.1, 0.15) is 40.0 Å². The Labute approximate surface area is 75.7 Å². The Kier molecular flexibility index (Phi) is 1.18. The van der Waals surface area contributed by atoms with Gasteiger partial charge in [0, 0.05) is 0 Å². The van der Waals surface area contributed by atoms with Gasteiger partial charge in [0.05, 0.1) is 0 Å². The van der Waals surface area contributed by atoms with E-state index in [4.69, 9.17) is 0 Å². The Hall–Kier alpha value is 0. The van der Waals surface area contributed by atoms with Gasteiger partial charge < -0.3 is 0 Å². The minimum absolute atomic E-state index is 0.706. The van der Waals surface area contributed by atoms with Gasteiger partial charge in [0.15, 0.2) is 0 Å². The zero-order chi connectivity index (χ0) is 8.51. The van der Waals surface area contributed by atoms with E-state index in [1.807, 2.05) is 0 Å². The predicted octanol–water partition coefficient (Wildman–Crippen LogP) is 3.32. The average Bonchev–Trinajstić information content (AvgIpc) is 2.78. The molecule has 3 saturated carbocycles. The van der Waals surface area contributed by atoms with Crippen LogP contribution in [-0.4, -0.2) is 0 Å². The van der Waals surface area contributed by atoms with Crippen LogP contribution in [0.2, 0.25) is 0 Å². The molecule has 12 heavy (non-hydrogen) atoms. The van der Waals surface area contributed by atoms with Gasteiger partial charge in [-0.15, -0.1) is 0 Å². The maximum atomic E-state index is 2.49. The van der Waals surface area contributed by atoms with Crippen molar-refractivity contribution in [1.29, 1.82) is 0 Å². The molecule has 0 aromatic carbocycles. The van der Waals surface area contributed by atoms with Gasteiger partial charge in [-0.05, 0) is 54.3 Å². The summed E-state index contributed by atoms with van der Waals surface area (Å²) in [6.45, 7) is 7.42. The highest BCUT2D eigenvalue weighted by Crippen LogP contribution is 2.72. The fraction of sp³-hybridized carbons (Fsp3) is 1.00. The molecule has 0 aromatic rings. The minimum atomic E-state index is 0.706. The third-order valence-electron chi connectivity index (χ3n) is 4.92. The van der Waals surface area contributed by atoms with Gasteiger partial charge in [-0.1, -0.05) is 20.8 Å². The molecule has 3 aliphatic carbocycles. The van der Waals surface area contributed by atoms with Crippen molar-refractivity contribution in [2.75, 3.05) is 0 Å². The first-order valence-electron chi connectivity index (χ1n) is 5.61. The van der Waals surface area contributed by atoms with Crippen LogP contribution in [0.4, 0.5) is 0 Å². The largest absolute Gasteiger partial charge is 0.0622 e. The molecule has 0 heterocycles. The third kappa shape index (κ3) is 0.791. The van der Waals surface area contributed by atoms with Gasteiger partial charge in [-0.25, -0.2) is 0 Å². The monoisotopic (exact) mass is 164 g/mol. The van der Waals surface area contributed by atoms with Crippen molar-refractivity contribution in [1.82, 2.24) is 0 Å². The van der Waals surface area contributed by atoms with Crippen molar-refractivity contribution >= 4 is 0 Å². The fourth-order valence-electron chi connectivity index (χ4n) is 4.05. The van der Waals surface area contributed by atoms with Crippen molar-refractivity contribution in [2.45, 2.75) is 40.0 Å². The zero-order valence-electron chi connectivity index (χ0n) is 8.51. The number of hydrogen-bond donors (Lipinski definition) is 0. The first-order chi connectivity index (χ1) is 5.61. The van der Waals surface area contributed by atoms with Crippen molar-refractivity contribution < 1.29 is 0 Å². The molecule has 3 fully saturated rings. The van der Waals surface area contributed by atoms with Crippen LogP contribution in [0.3, 0.4) is 0 Å². The molecular formula is C12H20. The summed E-state index contributed by atoms with van der Waals surface area (Å²) >= 11 is 0. The Morgan fingerprint density at radius 1 is 1.17 bits per heavy atom. The minimum Gasteiger partial charge on any atom is -0.0622 e. The van der Waals surface area contributed by atoms with Crippen LogP contribution in [0, 0.1) is 35.0 Å². The Morgan fingerprint density at radius 3 is 2.25 bits per heavy atom. The molecule has 3 rings (SSSR count). The average molecular weight is 164 g/mol. The van der Waals surface area contributed by atoms with E-state index in [0.29, 0.717) is 5.41 Å². The molecule has 0 aromatic heterocycles. The van der Waals surface area contributed by atoms with Gasteiger partial charge in [0.1, 0.15) is 0 Å². The number of rotatable bonds is 1. The summed E-state index contributed by atoms with van der Waals surface area (Å²) in [7, 11) is 0. The fourth-order valence-corrected chi connectivity index (χ4v) is 4.05. The second kappa shape index (κ2) is 1.91. The van der Waals surface area contributed by atoms with E-state index in [-0.39, 0.29) is 0 Å². The van der Waals surface area contributed by atoms with Crippen LogP contribution >= 0.6 is 0 Å². The summed E-state index contributed by atoms with van der Waals surface area (Å²) in [6, 6.07) is 0. The first kappa shape index (κ1) is 7.41. The van der Waals surface area contributed by atoms with E-state index in [9.17, 15) is 0 Å². The molecule has 0 aliphatic heterocycles. The lowest BCUT2D eigenvalue weighted by molar-refractivity contribution is 0.284. The highest BCUT2D eigenvalue weighted by atomic mass is 14.7. The second-order valence-corrected chi connectivity index (χ2v) is 6.17. The quantitative estimate of drug-likeness (QED) is 0.557. The normalized spacial score (nSPS) is 59.8. The van der Waals surface area contributed by atoms with E-state index in [0.717, 1.165) is 23.7 Å². The molecule has 0 bridgehead atoms. The molecule has 0 radical (unpaired) electrons. The summed E-state index contributed by atoms with van der Waals surface area (Å²) in [5.41, 5.74) is 0.706. The molecule has 0 heteroatoms. The summed E-state index contributed by atoms with van der Waals surface area (Å²) in [6.07, 6.45) is 4.60. The number of hydrogen-bond acceptors (Lipinski definition) is 0. The van der Waals surface area contributed by atoms with Gasteiger partial charge >= 0.3 is 0 Å². The summed E-state index contributed by atoms with van der Waals surface area (Å²) in [5, 5.41) is 0. The lowest BCUT2D eigenvalue weighted by Gasteiger charge is -2.21. The smallest absolute Gasteiger partial charge is 0.0298 e. The molecule has 68 valence electrons. The summed E-state index contributed by atoms with van der Waals surface area (Å²) < 4.78 is 0. The van der Waals surface area contributed by atoms with Crippen LogP contribution in [0.25, 0.3) is 0 Å². The van der Waals surface area contributed by atoms with Crippen LogP contribution in [0.5, 0.6) is 0 Å². The molecule has 0 N–H and O–H groups in total. The Balaban J connectivity index is 1.74. The molecule has 0 saturated heterocycles. The zero-order valence-corrected chi connectivity index (χ0v) is 8.51. The Morgan fingerprint density at radius 2 is 1.83 bits per heavy atom. The van der Waals surface area contributed by atoms with Gasteiger partial charge in [0.25, 0.3) is 0 Å². The highest BCUT2D eigenvalue weighted by Gasteiger charge is 2.66. The van der Waals surface area contributed by atoms with E-state index < -0.39 is 0 Å². The SMILES string of the molecule is CC1CC1C1C2CCC(C)(C)C21. The van der Waals surface area contributed by atoms with Crippen LogP contribution in [-0.2, 0) is 0 Å². The maximum Gasteiger partial charge on any atom is -0.0298 e. The third-order valence-corrected chi connectivity index (χ3v) is 4.92. The van der Waals surface area contributed by atoms with E-state index in [2.05, 4.69) is 20.8 Å². The van der Waals surface area contributed by atoms with Crippen molar-refractivity contribution in [3.8, 4) is 0 Å². The molecule has 0 amide bonds. The van der Waals surface area contributed by atoms with Crippen LogP contribution in [0.15, 0.2) is 0 Å². The lowest BCUT2D eigenvalue weighted by Crippen LogP contribution is -2.13. The van der Waals surface area contributed by atoms with Crippen molar-refractivity contribution in [3.63, 3.8) is 0 Å².